The Bertz CT molecular complexity index is 4000. The number of aliphatic carboxylic acids is 1. The van der Waals surface area contributed by atoms with Crippen molar-refractivity contribution in [3.63, 3.8) is 0 Å². The van der Waals surface area contributed by atoms with Crippen LogP contribution in [0.4, 0.5) is 34.7 Å². The molecular formula is C50H63Cl2F3N13O19PS4. The Kier molecular flexibility index (Phi) is 31.2. The highest BCUT2D eigenvalue weighted by Gasteiger charge is 2.31. The summed E-state index contributed by atoms with van der Waals surface area (Å²) in [5.41, 5.74) is -0.174. The number of benzene rings is 2. The number of carboxylic acids is 1. The first kappa shape index (κ1) is 80.2. The third kappa shape index (κ3) is 28.3. The van der Waals surface area contributed by atoms with Crippen molar-refractivity contribution in [2.24, 2.45) is 0 Å². The summed E-state index contributed by atoms with van der Waals surface area (Å²) in [7, 11) is -12.7. The fraction of sp³-hybridized carbons (Fsp3) is 0.380. The molecule has 1 unspecified atom stereocenters. The number of sulfone groups is 1. The molecule has 0 radical (unpaired) electrons. The summed E-state index contributed by atoms with van der Waals surface area (Å²) in [6.45, 7) is 8.07. The molecular weight excluding hydrogens is 1370 g/mol. The Morgan fingerprint density at radius 2 is 1.39 bits per heavy atom. The van der Waals surface area contributed by atoms with E-state index in [-0.39, 0.29) is 63.5 Å². The zero-order chi connectivity index (χ0) is 70.2. The number of pyridine rings is 1. The Hall–Kier alpha value is -7.93. The summed E-state index contributed by atoms with van der Waals surface area (Å²) in [6.07, 6.45) is 5.93. The Morgan fingerprint density at radius 1 is 0.837 bits per heavy atom. The first-order chi connectivity index (χ1) is 42.5. The van der Waals surface area contributed by atoms with Crippen molar-refractivity contribution in [2.45, 2.75) is 73.9 Å². The third-order valence-electron chi connectivity index (χ3n) is 9.88. The Labute approximate surface area is 538 Å². The minimum atomic E-state index is -4.61. The Balaban J connectivity index is 0.000000427. The van der Waals surface area contributed by atoms with Gasteiger partial charge >= 0.3 is 36.0 Å². The number of methoxy groups -OCH3 is 3. The van der Waals surface area contributed by atoms with Gasteiger partial charge in [0.1, 0.15) is 30.7 Å². The molecule has 92 heavy (non-hydrogen) atoms. The standard InChI is InChI=1S/C15H14Cl2N2O3.C15H16F3N5O4S.C14H17N5O7S2.C3H8NO5P.C3H9S/c1-5-6-21-12-8-11(9(16)7-10(12)17)19-14(20)22-13(18-19)15(2,3)4;1-9-19-12(22-14(20-9)27-2)21-13(24)23-28(25,26)11-6-4-3-5-10(11)7-8-15(16,17)18;1-4-27(21,22)9-6-5-7-15-12(9)28(23,24)19-14(20)18-13-16-10(25-2)8-11(17-13)26-3;5-3(6)1-4-2-10(7,8)9;1-4(2)3/h1,7-8H,6H2,2-4H3;3-6H,7-8H2,1-2H3,(H2,19,20,21,22,23,24);5-8H,4H2,1-3H3,(H2,16,17,18,19,20);4H,1-2H2,(H,5,6)(H2,7,8,9);1-3H3/q;;;;+1/p-1. The number of carbonyl (C=O) groups excluding carboxylic acids is 2. The second-order valence-electron chi connectivity index (χ2n) is 18.9. The molecule has 6 aromatic rings. The lowest BCUT2D eigenvalue weighted by molar-refractivity contribution is -0.193. The van der Waals surface area contributed by atoms with Gasteiger partial charge in [0.2, 0.25) is 29.5 Å². The molecule has 1 atom stereocenters. The van der Waals surface area contributed by atoms with Crippen LogP contribution in [0.3, 0.4) is 0 Å². The molecule has 4 aromatic heterocycles. The van der Waals surface area contributed by atoms with Gasteiger partial charge in [0.05, 0.1) is 85.4 Å². The average Bonchev–Trinajstić information content (AvgIpc) is 1.25. The number of hydrogen-bond acceptors (Lipinski definition) is 25. The quantitative estimate of drug-likeness (QED) is 0.0314. The fourth-order valence-electron chi connectivity index (χ4n) is 6.04. The van der Waals surface area contributed by atoms with Crippen molar-refractivity contribution in [2.75, 3.05) is 75.9 Å². The van der Waals surface area contributed by atoms with E-state index in [4.69, 9.17) is 63.0 Å². The molecule has 7 N–H and O–H groups in total. The Morgan fingerprint density at radius 3 is 1.89 bits per heavy atom. The number of anilines is 2. The molecule has 0 aliphatic rings. The minimum Gasteiger partial charge on any atom is -0.778 e. The highest BCUT2D eigenvalue weighted by molar-refractivity contribution is 7.94. The summed E-state index contributed by atoms with van der Waals surface area (Å²) >= 11 is 12.2. The zero-order valence-electron chi connectivity index (χ0n) is 50.5. The van der Waals surface area contributed by atoms with Crippen LogP contribution in [0.1, 0.15) is 51.4 Å². The summed E-state index contributed by atoms with van der Waals surface area (Å²) in [5.74, 6) is 0.563. The number of nitrogens with zero attached hydrogens (tertiary/aromatic N) is 8. The first-order valence-electron chi connectivity index (χ1n) is 25.4. The van der Waals surface area contributed by atoms with Gasteiger partial charge < -0.3 is 42.8 Å². The van der Waals surface area contributed by atoms with Crippen LogP contribution in [0, 0.1) is 19.3 Å². The van der Waals surface area contributed by atoms with Crippen LogP contribution in [0.25, 0.3) is 5.69 Å². The molecule has 42 heteroatoms. The predicted molar refractivity (Wildman–Crippen MR) is 328 cm³/mol. The lowest BCUT2D eigenvalue weighted by atomic mass is 9.97. The van der Waals surface area contributed by atoms with Crippen molar-refractivity contribution >= 4 is 102 Å². The third-order valence-corrected chi connectivity index (χ3v) is 15.7. The number of alkyl halides is 3. The molecule has 0 fully saturated rings. The molecule has 0 spiro atoms. The number of amides is 4. The minimum absolute atomic E-state index is 0.0434. The molecule has 0 aliphatic heterocycles. The molecule has 4 heterocycles. The molecule has 506 valence electrons. The summed E-state index contributed by atoms with van der Waals surface area (Å²) in [4.78, 5) is 85.5. The van der Waals surface area contributed by atoms with Crippen molar-refractivity contribution in [1.82, 2.24) is 54.4 Å². The number of sulfonamides is 2. The van der Waals surface area contributed by atoms with Gasteiger partial charge in [-0.3, -0.25) is 20.7 Å². The number of aryl methyl sites for hydroxylation is 2. The molecule has 0 saturated heterocycles. The van der Waals surface area contributed by atoms with E-state index < -0.39 is 113 Å². The van der Waals surface area contributed by atoms with Gasteiger partial charge in [-0.15, -0.1) is 11.5 Å². The average molecular weight is 1440 g/mol. The number of urea groups is 2. The van der Waals surface area contributed by atoms with Crippen LogP contribution in [-0.2, 0) is 62.0 Å². The van der Waals surface area contributed by atoms with Crippen LogP contribution in [-0.4, -0.2) is 164 Å². The molecule has 6 rings (SSSR count). The lowest BCUT2D eigenvalue weighted by Gasteiger charge is -2.14. The van der Waals surface area contributed by atoms with Crippen LogP contribution in [0.15, 0.2) is 84.8 Å². The fourth-order valence-corrected chi connectivity index (χ4v) is 10.7. The van der Waals surface area contributed by atoms with Crippen LogP contribution >= 0.6 is 30.8 Å². The largest absolute Gasteiger partial charge is 0.778 e. The number of rotatable bonds is 20. The maximum absolute atomic E-state index is 12.5. The van der Waals surface area contributed by atoms with Gasteiger partial charge in [-0.2, -0.15) is 51.2 Å². The van der Waals surface area contributed by atoms with Crippen LogP contribution in [0.2, 0.25) is 10.0 Å². The van der Waals surface area contributed by atoms with Gasteiger partial charge in [0.15, 0.2) is 14.9 Å². The van der Waals surface area contributed by atoms with Crippen molar-refractivity contribution in [3.8, 4) is 41.6 Å². The van der Waals surface area contributed by atoms with Crippen molar-refractivity contribution < 1.29 is 95.6 Å². The van der Waals surface area contributed by atoms with Gasteiger partial charge in [-0.25, -0.2) is 45.6 Å². The zero-order valence-corrected chi connectivity index (χ0v) is 56.1. The molecule has 4 amide bonds. The maximum atomic E-state index is 12.5. The van der Waals surface area contributed by atoms with E-state index in [2.05, 4.69) is 70.3 Å². The van der Waals surface area contributed by atoms with E-state index in [1.807, 2.05) is 26.1 Å². The predicted octanol–water partition coefficient (Wildman–Crippen LogP) is 4.49. The van der Waals surface area contributed by atoms with E-state index in [1.54, 1.807) is 9.44 Å². The highest BCUT2D eigenvalue weighted by Crippen LogP contribution is 2.33. The van der Waals surface area contributed by atoms with E-state index in [9.17, 15) is 67.1 Å². The molecule has 0 saturated carbocycles. The lowest BCUT2D eigenvalue weighted by Crippen LogP contribution is -2.36. The maximum Gasteiger partial charge on any atom is 0.442 e. The monoisotopic (exact) mass is 1440 g/mol. The van der Waals surface area contributed by atoms with E-state index in [1.165, 1.54) is 77.6 Å². The smallest absolute Gasteiger partial charge is 0.442 e. The SMILES string of the molecule is C#CCOc1cc(-n2nc(C(C)(C)C)oc2=O)c(Cl)cc1Cl.CCS(=O)(=O)c1cccnc1S(=O)(=O)NC(=O)Nc1nc(OC)cc(OC)n1.COc1nc(C)nc(NC(=O)NS(=O)(=O)c2ccccc2CCC(F)(F)F)n1.C[S+](C)C.O=C(O)CNCP(=O)([O-])O. The van der Waals surface area contributed by atoms with E-state index >= 15 is 0 Å². The normalized spacial score (nSPS) is 11.9. The number of carboxylic acid groups (broad SMARTS) is 1. The molecule has 0 bridgehead atoms. The number of nitrogens with one attached hydrogen (secondary N) is 5. The van der Waals surface area contributed by atoms with Gasteiger partial charge in [-0.05, 0) is 54.1 Å². The van der Waals surface area contributed by atoms with Gasteiger partial charge in [0.25, 0.3) is 20.0 Å². The van der Waals surface area contributed by atoms with Gasteiger partial charge in [-0.1, -0.05) is 75.0 Å². The molecule has 2 aromatic carbocycles. The van der Waals surface area contributed by atoms with E-state index in [0.717, 1.165) is 23.0 Å². The second-order valence-corrected chi connectivity index (χ2v) is 29.3. The van der Waals surface area contributed by atoms with Crippen LogP contribution < -0.4 is 55.0 Å². The number of aromatic nitrogens is 8. The topological polar surface area (TPSA) is 457 Å². The second kappa shape index (κ2) is 35.8. The summed E-state index contributed by atoms with van der Waals surface area (Å²) < 4.78 is 151. The van der Waals surface area contributed by atoms with Crippen LogP contribution in [0.5, 0.6) is 23.5 Å². The number of terminal acetylenes is 1. The number of carbonyl (C=O) groups is 3. The summed E-state index contributed by atoms with van der Waals surface area (Å²) in [5, 5.41) is 18.1. The molecule has 32 nitrogen and oxygen atoms in total. The number of ether oxygens (including phenoxy) is 4. The van der Waals surface area contributed by atoms with E-state index in [0.29, 0.717) is 28.2 Å². The number of halogens is 5. The van der Waals surface area contributed by atoms with Crippen molar-refractivity contribution in [3.05, 3.63) is 98.7 Å². The first-order valence-corrected chi connectivity index (χ1v) is 34.9. The highest BCUT2D eigenvalue weighted by atomic mass is 35.5. The van der Waals surface area contributed by atoms with Gasteiger partial charge in [0, 0.05) is 24.1 Å². The number of hydrogen-bond donors (Lipinski definition) is 7. The van der Waals surface area contributed by atoms with Crippen molar-refractivity contribution in [1.29, 1.82) is 0 Å². The molecule has 0 aliphatic carbocycles. The summed E-state index contributed by atoms with van der Waals surface area (Å²) in [6, 6.07) is 9.24.